The van der Waals surface area contributed by atoms with Crippen molar-refractivity contribution in [3.8, 4) is 0 Å². The van der Waals surface area contributed by atoms with E-state index >= 15 is 0 Å². The minimum absolute atomic E-state index is 0.0393. The molecule has 0 spiro atoms. The molecule has 0 atom stereocenters. The van der Waals surface area contributed by atoms with Gasteiger partial charge in [-0.05, 0) is 30.2 Å². The third-order valence-electron chi connectivity index (χ3n) is 1.86. The molecule has 0 aromatic heterocycles. The molecular weight excluding hydrogens is 178 g/mol. The molecule has 0 saturated carbocycles. The van der Waals surface area contributed by atoms with Gasteiger partial charge in [-0.3, -0.25) is 4.79 Å². The highest BCUT2D eigenvalue weighted by Crippen LogP contribution is 2.08. The third-order valence-corrected chi connectivity index (χ3v) is 1.86. The zero-order valence-corrected chi connectivity index (χ0v) is 8.03. The number of aliphatic hydroxyl groups excluding tert-OH is 1. The normalized spacial score (nSPS) is 11.4. The molecule has 1 rings (SSSR count). The van der Waals surface area contributed by atoms with Gasteiger partial charge in [0.25, 0.3) is 0 Å². The van der Waals surface area contributed by atoms with E-state index in [1.54, 1.807) is 24.3 Å². The molecule has 0 saturated heterocycles. The average Bonchev–Trinajstić information content (AvgIpc) is 2.18. The Labute approximate surface area is 82.9 Å². The van der Waals surface area contributed by atoms with Gasteiger partial charge in [0.1, 0.15) is 0 Å². The maximum absolute atomic E-state index is 10.8. The number of benzene rings is 1. The lowest BCUT2D eigenvalue weighted by molar-refractivity contribution is 0.100. The molecule has 0 radical (unpaired) electrons. The molecule has 1 aromatic carbocycles. The lowest BCUT2D eigenvalue weighted by Crippen LogP contribution is -2.10. The largest absolute Gasteiger partial charge is 0.392 e. The van der Waals surface area contributed by atoms with Gasteiger partial charge >= 0.3 is 0 Å². The van der Waals surface area contributed by atoms with Crippen LogP contribution in [0, 0.1) is 0 Å². The van der Waals surface area contributed by atoms with Gasteiger partial charge in [-0.15, -0.1) is 0 Å². The first-order chi connectivity index (χ1) is 6.63. The maximum atomic E-state index is 10.8. The van der Waals surface area contributed by atoms with E-state index in [0.29, 0.717) is 5.56 Å². The van der Waals surface area contributed by atoms with E-state index in [1.165, 1.54) is 0 Å². The number of nitrogens with two attached hydrogens (primary N) is 1. The predicted octanol–water partition coefficient (Wildman–Crippen LogP) is 1.18. The fraction of sp³-hybridized carbons (Fsp3) is 0.182. The molecule has 3 heteroatoms. The predicted molar refractivity (Wildman–Crippen MR) is 55.7 cm³/mol. The van der Waals surface area contributed by atoms with Crippen molar-refractivity contribution < 1.29 is 9.90 Å². The number of aliphatic hydroxyl groups is 1. The molecule has 0 unspecified atom stereocenters. The van der Waals surface area contributed by atoms with Gasteiger partial charge in [-0.2, -0.15) is 0 Å². The van der Waals surface area contributed by atoms with Crippen LogP contribution < -0.4 is 5.73 Å². The van der Waals surface area contributed by atoms with Crippen molar-refractivity contribution in [1.82, 2.24) is 0 Å². The number of amides is 1. The first-order valence-electron chi connectivity index (χ1n) is 4.31. The molecule has 0 aliphatic carbocycles. The van der Waals surface area contributed by atoms with Crippen molar-refractivity contribution in [3.63, 3.8) is 0 Å². The van der Waals surface area contributed by atoms with E-state index in [-0.39, 0.29) is 6.61 Å². The van der Waals surface area contributed by atoms with Gasteiger partial charge in [0.15, 0.2) is 0 Å². The van der Waals surface area contributed by atoms with E-state index in [4.69, 9.17) is 10.8 Å². The third kappa shape index (κ3) is 2.71. The Morgan fingerprint density at radius 1 is 1.43 bits per heavy atom. The highest BCUT2D eigenvalue weighted by molar-refractivity contribution is 5.92. The van der Waals surface area contributed by atoms with Crippen LogP contribution in [0.4, 0.5) is 0 Å². The van der Waals surface area contributed by atoms with Crippen molar-refractivity contribution in [2.24, 2.45) is 5.73 Å². The Balaban J connectivity index is 2.89. The zero-order chi connectivity index (χ0) is 10.6. The summed E-state index contributed by atoms with van der Waals surface area (Å²) in [7, 11) is 0. The van der Waals surface area contributed by atoms with E-state index in [0.717, 1.165) is 11.1 Å². The number of carbonyl (C=O) groups excluding carboxylic acids is 1. The van der Waals surface area contributed by atoms with Crippen LogP contribution >= 0.6 is 0 Å². The zero-order valence-electron chi connectivity index (χ0n) is 8.03. The molecule has 0 bridgehead atoms. The molecular formula is C11H13NO2. The number of carbonyl (C=O) groups is 1. The summed E-state index contributed by atoms with van der Waals surface area (Å²) in [6, 6.07) is 6.91. The fourth-order valence-corrected chi connectivity index (χ4v) is 1.07. The van der Waals surface area contributed by atoms with Crippen LogP contribution in [0.3, 0.4) is 0 Å². The topological polar surface area (TPSA) is 63.3 Å². The standard InChI is InChI=1S/C11H13NO2/c1-8(7-13)6-9-2-4-10(5-3-9)11(12)14/h2-6,13H,7H2,1H3,(H2,12,14)/b8-6-. The second-order valence-electron chi connectivity index (χ2n) is 3.14. The van der Waals surface area contributed by atoms with Gasteiger partial charge in [0.2, 0.25) is 5.91 Å². The van der Waals surface area contributed by atoms with Crippen LogP contribution in [0.25, 0.3) is 6.08 Å². The molecule has 3 nitrogen and oxygen atoms in total. The maximum Gasteiger partial charge on any atom is 0.248 e. The van der Waals surface area contributed by atoms with Crippen molar-refractivity contribution in [2.75, 3.05) is 6.61 Å². The Kier molecular flexibility index (Phi) is 3.42. The molecule has 1 aromatic rings. The van der Waals surface area contributed by atoms with Crippen molar-refractivity contribution >= 4 is 12.0 Å². The van der Waals surface area contributed by atoms with Gasteiger partial charge in [0, 0.05) is 5.56 Å². The molecule has 74 valence electrons. The highest BCUT2D eigenvalue weighted by Gasteiger charge is 1.98. The quantitative estimate of drug-likeness (QED) is 0.753. The van der Waals surface area contributed by atoms with E-state index < -0.39 is 5.91 Å². The summed E-state index contributed by atoms with van der Waals surface area (Å²) in [4.78, 5) is 10.8. The lowest BCUT2D eigenvalue weighted by atomic mass is 10.1. The fourth-order valence-electron chi connectivity index (χ4n) is 1.07. The number of hydrogen-bond acceptors (Lipinski definition) is 2. The SMILES string of the molecule is C/C(=C/c1ccc(C(N)=O)cc1)CO. The van der Waals surface area contributed by atoms with Gasteiger partial charge < -0.3 is 10.8 Å². The molecule has 0 aliphatic heterocycles. The molecule has 0 fully saturated rings. The van der Waals surface area contributed by atoms with Crippen LogP contribution in [-0.4, -0.2) is 17.6 Å². The van der Waals surface area contributed by atoms with Gasteiger partial charge in [0.05, 0.1) is 6.61 Å². The first-order valence-corrected chi connectivity index (χ1v) is 4.31. The van der Waals surface area contributed by atoms with Crippen LogP contribution in [0.5, 0.6) is 0 Å². The number of rotatable bonds is 3. The molecule has 1 amide bonds. The summed E-state index contributed by atoms with van der Waals surface area (Å²) in [6.07, 6.45) is 1.85. The summed E-state index contributed by atoms with van der Waals surface area (Å²) in [6.45, 7) is 1.87. The first kappa shape index (κ1) is 10.5. The summed E-state index contributed by atoms with van der Waals surface area (Å²) in [5.41, 5.74) is 7.40. The van der Waals surface area contributed by atoms with Crippen LogP contribution in [0.2, 0.25) is 0 Å². The lowest BCUT2D eigenvalue weighted by Gasteiger charge is -1.98. The van der Waals surface area contributed by atoms with E-state index in [2.05, 4.69) is 0 Å². The summed E-state index contributed by atoms with van der Waals surface area (Å²) in [5, 5.41) is 8.80. The minimum atomic E-state index is -0.431. The van der Waals surface area contributed by atoms with Crippen molar-refractivity contribution in [3.05, 3.63) is 41.0 Å². The Hall–Kier alpha value is -1.61. The molecule has 3 N–H and O–H groups in total. The van der Waals surface area contributed by atoms with Crippen LogP contribution in [0.1, 0.15) is 22.8 Å². The Bertz CT molecular complexity index is 352. The number of primary amides is 1. The second-order valence-corrected chi connectivity index (χ2v) is 3.14. The van der Waals surface area contributed by atoms with Crippen LogP contribution in [0.15, 0.2) is 29.8 Å². The minimum Gasteiger partial charge on any atom is -0.392 e. The van der Waals surface area contributed by atoms with E-state index in [1.807, 2.05) is 13.0 Å². The summed E-state index contributed by atoms with van der Waals surface area (Å²) >= 11 is 0. The van der Waals surface area contributed by atoms with Gasteiger partial charge in [-0.1, -0.05) is 18.2 Å². The highest BCUT2D eigenvalue weighted by atomic mass is 16.3. The number of hydrogen-bond donors (Lipinski definition) is 2. The summed E-state index contributed by atoms with van der Waals surface area (Å²) in [5.74, 6) is -0.431. The van der Waals surface area contributed by atoms with Crippen LogP contribution in [-0.2, 0) is 0 Å². The van der Waals surface area contributed by atoms with Crippen molar-refractivity contribution in [1.29, 1.82) is 0 Å². The second kappa shape index (κ2) is 4.58. The van der Waals surface area contributed by atoms with Gasteiger partial charge in [-0.25, -0.2) is 0 Å². The molecule has 14 heavy (non-hydrogen) atoms. The molecule has 0 aliphatic rings. The van der Waals surface area contributed by atoms with E-state index in [9.17, 15) is 4.79 Å². The Morgan fingerprint density at radius 3 is 2.43 bits per heavy atom. The Morgan fingerprint density at radius 2 is 2.00 bits per heavy atom. The molecule has 0 heterocycles. The average molecular weight is 191 g/mol. The monoisotopic (exact) mass is 191 g/mol. The summed E-state index contributed by atoms with van der Waals surface area (Å²) < 4.78 is 0. The smallest absolute Gasteiger partial charge is 0.248 e. The van der Waals surface area contributed by atoms with Crippen molar-refractivity contribution in [2.45, 2.75) is 6.92 Å².